The predicted molar refractivity (Wildman–Crippen MR) is 223 cm³/mol. The molecule has 0 aromatic heterocycles. The molecule has 5 heteroatoms. The summed E-state index contributed by atoms with van der Waals surface area (Å²) in [7, 11) is 0. The van der Waals surface area contributed by atoms with E-state index in [0.717, 1.165) is 77.0 Å². The van der Waals surface area contributed by atoms with Crippen LogP contribution in [0.3, 0.4) is 0 Å². The second-order valence-corrected chi connectivity index (χ2v) is 11.9. The van der Waals surface area contributed by atoms with Crippen molar-refractivity contribution in [2.75, 3.05) is 13.2 Å². The molecule has 5 nitrogen and oxygen atoms in total. The third-order valence-electron chi connectivity index (χ3n) is 7.10. The molecule has 0 aliphatic heterocycles. The highest BCUT2D eigenvalue weighted by molar-refractivity contribution is 5.70. The maximum atomic E-state index is 11.9. The Balaban J connectivity index is 3.75. The lowest BCUT2D eigenvalue weighted by Crippen LogP contribution is -2.25. The molecule has 0 aromatic carbocycles. The molecular weight excluding hydrogens is 645 g/mol. The number of ether oxygens (including phenoxy) is 2. The highest BCUT2D eigenvalue weighted by Gasteiger charge is 2.11. The first-order chi connectivity index (χ1) is 25.6. The smallest absolute Gasteiger partial charge is 0.306 e. The second-order valence-electron chi connectivity index (χ2n) is 11.9. The van der Waals surface area contributed by atoms with E-state index in [-0.39, 0.29) is 38.0 Å². The summed E-state index contributed by atoms with van der Waals surface area (Å²) in [6, 6.07) is 0. The highest BCUT2D eigenvalue weighted by Crippen LogP contribution is 2.02. The van der Waals surface area contributed by atoms with Gasteiger partial charge in [0, 0.05) is 12.8 Å². The number of rotatable bonds is 32. The van der Waals surface area contributed by atoms with Crippen LogP contribution in [0.2, 0.25) is 0 Å². The molecule has 0 aliphatic carbocycles. The Kier molecular flexibility index (Phi) is 37.9. The summed E-state index contributed by atoms with van der Waals surface area (Å²) in [5.74, 6) is -0.773. The summed E-state index contributed by atoms with van der Waals surface area (Å²) in [5.41, 5.74) is 0. The van der Waals surface area contributed by atoms with Crippen LogP contribution in [0.5, 0.6) is 0 Å². The molecule has 0 radical (unpaired) electrons. The van der Waals surface area contributed by atoms with Crippen molar-refractivity contribution >= 4 is 11.9 Å². The van der Waals surface area contributed by atoms with Gasteiger partial charge in [-0.3, -0.25) is 9.59 Å². The van der Waals surface area contributed by atoms with Crippen molar-refractivity contribution in [3.8, 4) is 0 Å². The third kappa shape index (κ3) is 40.2. The minimum atomic E-state index is -1.04. The van der Waals surface area contributed by atoms with Crippen LogP contribution in [0, 0.1) is 0 Å². The zero-order chi connectivity index (χ0) is 37.8. The molecule has 0 amide bonds. The van der Waals surface area contributed by atoms with Gasteiger partial charge in [0.2, 0.25) is 0 Å². The van der Waals surface area contributed by atoms with Crippen LogP contribution in [0.15, 0.2) is 146 Å². The van der Waals surface area contributed by atoms with Crippen molar-refractivity contribution in [1.29, 1.82) is 0 Å². The first kappa shape index (κ1) is 47.8. The van der Waals surface area contributed by atoms with Crippen molar-refractivity contribution in [1.82, 2.24) is 0 Å². The number of aliphatic hydroxyl groups is 1. The summed E-state index contributed by atoms with van der Waals surface area (Å²) >= 11 is 0. The molecule has 1 N–H and O–H groups in total. The summed E-state index contributed by atoms with van der Waals surface area (Å²) in [5, 5.41) is 9.99. The van der Waals surface area contributed by atoms with Crippen molar-refractivity contribution < 1.29 is 24.2 Å². The molecule has 0 atom stereocenters. The fourth-order valence-corrected chi connectivity index (χ4v) is 4.25. The van der Waals surface area contributed by atoms with Gasteiger partial charge in [-0.15, -0.1) is 0 Å². The zero-order valence-corrected chi connectivity index (χ0v) is 32.2. The van der Waals surface area contributed by atoms with E-state index < -0.39 is 6.10 Å². The molecule has 0 saturated carbocycles. The van der Waals surface area contributed by atoms with Gasteiger partial charge >= 0.3 is 11.9 Å². The Morgan fingerprint density at radius 1 is 0.385 bits per heavy atom. The minimum Gasteiger partial charge on any atom is -0.463 e. The Labute approximate surface area is 317 Å². The quantitative estimate of drug-likeness (QED) is 0.0555. The zero-order valence-electron chi connectivity index (χ0n) is 32.2. The molecule has 0 saturated heterocycles. The van der Waals surface area contributed by atoms with Crippen LogP contribution in [0.25, 0.3) is 0 Å². The van der Waals surface area contributed by atoms with Crippen molar-refractivity contribution in [2.45, 2.75) is 123 Å². The minimum absolute atomic E-state index is 0.191. The van der Waals surface area contributed by atoms with Gasteiger partial charge < -0.3 is 14.6 Å². The lowest BCUT2D eigenvalue weighted by Gasteiger charge is -2.11. The topological polar surface area (TPSA) is 72.8 Å². The van der Waals surface area contributed by atoms with Gasteiger partial charge in [0.05, 0.1) is 0 Å². The first-order valence-electron chi connectivity index (χ1n) is 19.4. The molecule has 0 aliphatic rings. The van der Waals surface area contributed by atoms with Gasteiger partial charge in [-0.2, -0.15) is 0 Å². The fraction of sp³-hybridized carbons (Fsp3) is 0.447. The molecule has 0 heterocycles. The first-order valence-corrected chi connectivity index (χ1v) is 19.4. The van der Waals surface area contributed by atoms with Crippen LogP contribution in [-0.4, -0.2) is 36.4 Å². The summed E-state index contributed by atoms with van der Waals surface area (Å²) in [6.45, 7) is 3.91. The van der Waals surface area contributed by atoms with Gasteiger partial charge in [-0.1, -0.05) is 160 Å². The standard InChI is InChI=1S/C47H68O5/c1-3-5-7-9-11-13-15-17-19-21-23-25-27-29-31-33-35-37-39-41-46(49)51-43-45(48)44-52-47(50)42-40-38-36-34-32-30-28-26-24-22-20-18-16-14-12-10-8-6-4-2/h5-8,11-14,17-20,23-26,29-32,35-38,45,48H,3-4,9-10,15-16,21-22,27-28,33-34,39-44H2,1-2H3/b7-5-,8-6-,13-11+,14-12+,19-17+,20-18+,25-23+,26-24+,31-29+,32-30+,37-35-,38-36-. The van der Waals surface area contributed by atoms with Crippen molar-refractivity contribution in [3.05, 3.63) is 146 Å². The lowest BCUT2D eigenvalue weighted by atomic mass is 10.2. The normalized spacial score (nSPS) is 13.3. The number of carbonyl (C=O) groups excluding carboxylic acids is 2. The van der Waals surface area contributed by atoms with Gasteiger partial charge in [-0.25, -0.2) is 0 Å². The molecule has 0 fully saturated rings. The van der Waals surface area contributed by atoms with Crippen LogP contribution in [-0.2, 0) is 19.1 Å². The Morgan fingerprint density at radius 3 is 0.827 bits per heavy atom. The third-order valence-corrected chi connectivity index (χ3v) is 7.10. The second kappa shape index (κ2) is 41.2. The van der Waals surface area contributed by atoms with Gasteiger partial charge in [-0.05, 0) is 89.9 Å². The molecule has 0 aromatic rings. The average Bonchev–Trinajstić information content (AvgIpc) is 3.15. The van der Waals surface area contributed by atoms with E-state index >= 15 is 0 Å². The van der Waals surface area contributed by atoms with Gasteiger partial charge in [0.25, 0.3) is 0 Å². The van der Waals surface area contributed by atoms with Gasteiger partial charge in [0.15, 0.2) is 0 Å². The molecule has 0 spiro atoms. The van der Waals surface area contributed by atoms with Gasteiger partial charge in [0.1, 0.15) is 19.3 Å². The number of carbonyl (C=O) groups is 2. The van der Waals surface area contributed by atoms with E-state index in [4.69, 9.17) is 9.47 Å². The molecule has 52 heavy (non-hydrogen) atoms. The fourth-order valence-electron chi connectivity index (χ4n) is 4.25. The highest BCUT2D eigenvalue weighted by atomic mass is 16.6. The van der Waals surface area contributed by atoms with Crippen LogP contribution < -0.4 is 0 Å². The van der Waals surface area contributed by atoms with E-state index in [2.05, 4.69) is 135 Å². The number of hydrogen-bond acceptors (Lipinski definition) is 5. The molecule has 286 valence electrons. The largest absolute Gasteiger partial charge is 0.463 e. The SMILES string of the molecule is CC/C=C\C/C=C/C/C=C/C/C=C/C/C=C/C/C=C\CCC(=O)OCC(O)COC(=O)CC/C=C\C/C=C/C/C=C/C/C=C/C/C=C/C/C=C\CC. The van der Waals surface area contributed by atoms with Crippen molar-refractivity contribution in [3.63, 3.8) is 0 Å². The maximum Gasteiger partial charge on any atom is 0.306 e. The van der Waals surface area contributed by atoms with Crippen LogP contribution >= 0.6 is 0 Å². The predicted octanol–water partition coefficient (Wildman–Crippen LogP) is 12.4. The number of aliphatic hydroxyl groups excluding tert-OH is 1. The molecule has 0 bridgehead atoms. The van der Waals surface area contributed by atoms with E-state index in [9.17, 15) is 14.7 Å². The van der Waals surface area contributed by atoms with E-state index in [1.54, 1.807) is 0 Å². The Morgan fingerprint density at radius 2 is 0.596 bits per heavy atom. The summed E-state index contributed by atoms with van der Waals surface area (Å²) in [6.07, 6.45) is 63.5. The molecule has 0 rings (SSSR count). The number of esters is 2. The average molecular weight is 713 g/mol. The maximum absolute atomic E-state index is 11.9. The number of hydrogen-bond donors (Lipinski definition) is 1. The lowest BCUT2D eigenvalue weighted by molar-refractivity contribution is -0.152. The van der Waals surface area contributed by atoms with Crippen molar-refractivity contribution in [2.24, 2.45) is 0 Å². The van der Waals surface area contributed by atoms with E-state index in [1.807, 2.05) is 24.3 Å². The van der Waals surface area contributed by atoms with E-state index in [0.29, 0.717) is 12.8 Å². The summed E-state index contributed by atoms with van der Waals surface area (Å²) in [4.78, 5) is 23.9. The monoisotopic (exact) mass is 713 g/mol. The van der Waals surface area contributed by atoms with Crippen LogP contribution in [0.4, 0.5) is 0 Å². The molecule has 0 unspecified atom stereocenters. The Bertz CT molecular complexity index is 1120. The summed E-state index contributed by atoms with van der Waals surface area (Å²) < 4.78 is 10.2. The Hall–Kier alpha value is -4.22. The van der Waals surface area contributed by atoms with Crippen LogP contribution in [0.1, 0.15) is 117 Å². The number of allylic oxidation sites excluding steroid dienone is 24. The molecular formula is C47H68O5. The van der Waals surface area contributed by atoms with E-state index in [1.165, 1.54) is 0 Å².